The summed E-state index contributed by atoms with van der Waals surface area (Å²) in [5.41, 5.74) is 1.11. The van der Waals surface area contributed by atoms with Gasteiger partial charge in [0.05, 0.1) is 10.6 Å². The molecule has 0 heterocycles. The van der Waals surface area contributed by atoms with E-state index in [2.05, 4.69) is 5.16 Å². The molecule has 0 unspecified atom stereocenters. The molecule has 0 fully saturated rings. The number of rotatable bonds is 2. The minimum absolute atomic E-state index is 0. The number of hydrogen-bond acceptors (Lipinski definition) is 4. The number of oxime groups is 1. The molecule has 0 atom stereocenters. The van der Waals surface area contributed by atoms with Crippen LogP contribution in [0.15, 0.2) is 29.4 Å². The van der Waals surface area contributed by atoms with Crippen molar-refractivity contribution < 1.29 is 15.6 Å². The summed E-state index contributed by atoms with van der Waals surface area (Å²) >= 11 is 0. The fourth-order valence-electron chi connectivity index (χ4n) is 0.882. The molecular weight excluding hydrogens is 188 g/mol. The number of benzene rings is 1. The van der Waals surface area contributed by atoms with E-state index in [1.807, 2.05) is 0 Å². The van der Waals surface area contributed by atoms with E-state index in [0.717, 1.165) is 0 Å². The summed E-state index contributed by atoms with van der Waals surface area (Å²) in [6, 6.07) is 5.80. The second-order valence-corrected chi connectivity index (χ2v) is 2.49. The Morgan fingerprint density at radius 3 is 2.29 bits per heavy atom. The Kier molecular flexibility index (Phi) is 4.24. The summed E-state index contributed by atoms with van der Waals surface area (Å²) in [7, 11) is 0. The number of nitrogens with zero attached hydrogens (tertiary/aromatic N) is 2. The zero-order chi connectivity index (χ0) is 9.84. The van der Waals surface area contributed by atoms with Gasteiger partial charge in [-0.2, -0.15) is 0 Å². The van der Waals surface area contributed by atoms with Crippen molar-refractivity contribution >= 4 is 11.4 Å². The van der Waals surface area contributed by atoms with Crippen molar-refractivity contribution in [2.24, 2.45) is 5.16 Å². The Balaban J connectivity index is 0.00000169. The van der Waals surface area contributed by atoms with Crippen LogP contribution in [-0.2, 0) is 0 Å². The lowest BCUT2D eigenvalue weighted by molar-refractivity contribution is -0.384. The number of non-ortho nitro benzene ring substituents is 1. The largest absolute Gasteiger partial charge is 0.412 e. The minimum atomic E-state index is -0.477. The second-order valence-electron chi connectivity index (χ2n) is 2.49. The molecule has 0 aliphatic carbocycles. The fourth-order valence-corrected chi connectivity index (χ4v) is 0.882. The predicted molar refractivity (Wildman–Crippen MR) is 50.7 cm³/mol. The summed E-state index contributed by atoms with van der Waals surface area (Å²) in [6.45, 7) is 1.61. The normalized spacial score (nSPS) is 10.5. The van der Waals surface area contributed by atoms with Crippen molar-refractivity contribution in [1.82, 2.24) is 0 Å². The van der Waals surface area contributed by atoms with Gasteiger partial charge in [0.25, 0.3) is 5.69 Å². The van der Waals surface area contributed by atoms with Crippen LogP contribution >= 0.6 is 0 Å². The van der Waals surface area contributed by atoms with Crippen molar-refractivity contribution in [2.75, 3.05) is 0 Å². The molecule has 1 rings (SSSR count). The van der Waals surface area contributed by atoms with Crippen LogP contribution in [0.4, 0.5) is 5.69 Å². The van der Waals surface area contributed by atoms with Gasteiger partial charge in [0.1, 0.15) is 0 Å². The molecule has 1 aromatic rings. The van der Waals surface area contributed by atoms with Gasteiger partial charge in [0.15, 0.2) is 0 Å². The maximum Gasteiger partial charge on any atom is 0.269 e. The summed E-state index contributed by atoms with van der Waals surface area (Å²) in [5, 5.41) is 21.7. The van der Waals surface area contributed by atoms with Gasteiger partial charge < -0.3 is 10.7 Å². The molecule has 0 aliphatic rings. The van der Waals surface area contributed by atoms with Crippen molar-refractivity contribution in [3.05, 3.63) is 39.9 Å². The third-order valence-corrected chi connectivity index (χ3v) is 1.65. The topological polar surface area (TPSA) is 107 Å². The lowest BCUT2D eigenvalue weighted by Crippen LogP contribution is -1.94. The first-order valence-electron chi connectivity index (χ1n) is 3.58. The SMILES string of the molecule is CC(=NO)c1ccc([N+](=O)[O-])cc1.O. The third-order valence-electron chi connectivity index (χ3n) is 1.65. The van der Waals surface area contributed by atoms with Crippen molar-refractivity contribution in [3.8, 4) is 0 Å². The molecule has 0 radical (unpaired) electrons. The van der Waals surface area contributed by atoms with Crippen LogP contribution in [-0.4, -0.2) is 21.3 Å². The molecule has 0 saturated heterocycles. The van der Waals surface area contributed by atoms with E-state index in [4.69, 9.17) is 5.21 Å². The van der Waals surface area contributed by atoms with Gasteiger partial charge in [-0.15, -0.1) is 0 Å². The average molecular weight is 198 g/mol. The van der Waals surface area contributed by atoms with Gasteiger partial charge in [-0.25, -0.2) is 0 Å². The van der Waals surface area contributed by atoms with Crippen LogP contribution in [0.1, 0.15) is 12.5 Å². The zero-order valence-electron chi connectivity index (χ0n) is 7.47. The zero-order valence-corrected chi connectivity index (χ0v) is 7.47. The maximum atomic E-state index is 10.3. The van der Waals surface area contributed by atoms with Crippen molar-refractivity contribution in [3.63, 3.8) is 0 Å². The van der Waals surface area contributed by atoms with Gasteiger partial charge >= 0.3 is 0 Å². The Hall–Kier alpha value is -1.95. The summed E-state index contributed by atoms with van der Waals surface area (Å²) in [6.07, 6.45) is 0. The van der Waals surface area contributed by atoms with Gasteiger partial charge in [-0.1, -0.05) is 5.16 Å². The molecule has 3 N–H and O–H groups in total. The highest BCUT2D eigenvalue weighted by molar-refractivity contribution is 5.98. The summed E-state index contributed by atoms with van der Waals surface area (Å²) in [4.78, 5) is 9.80. The van der Waals surface area contributed by atoms with E-state index in [0.29, 0.717) is 11.3 Å². The maximum absolute atomic E-state index is 10.3. The molecule has 76 valence electrons. The smallest absolute Gasteiger partial charge is 0.269 e. The minimum Gasteiger partial charge on any atom is -0.412 e. The molecule has 0 spiro atoms. The van der Waals surface area contributed by atoms with Crippen molar-refractivity contribution in [2.45, 2.75) is 6.92 Å². The Morgan fingerprint density at radius 2 is 1.93 bits per heavy atom. The first-order chi connectivity index (χ1) is 6.15. The molecule has 0 aromatic heterocycles. The molecule has 0 saturated carbocycles. The van der Waals surface area contributed by atoms with E-state index in [1.54, 1.807) is 6.92 Å². The quantitative estimate of drug-likeness (QED) is 0.331. The molecular formula is C8H10N2O4. The molecule has 6 heteroatoms. The third kappa shape index (κ3) is 2.53. The van der Waals surface area contributed by atoms with Crippen LogP contribution in [0.25, 0.3) is 0 Å². The second kappa shape index (κ2) is 4.93. The Labute approximate surface area is 79.9 Å². The van der Waals surface area contributed by atoms with Gasteiger partial charge in [-0.3, -0.25) is 10.1 Å². The van der Waals surface area contributed by atoms with Crippen LogP contribution in [0, 0.1) is 10.1 Å². The van der Waals surface area contributed by atoms with E-state index < -0.39 is 4.92 Å². The number of nitro benzene ring substituents is 1. The molecule has 0 aliphatic heterocycles. The molecule has 1 aromatic carbocycles. The summed E-state index contributed by atoms with van der Waals surface area (Å²) in [5.74, 6) is 0. The predicted octanol–water partition coefficient (Wildman–Crippen LogP) is 0.968. The highest BCUT2D eigenvalue weighted by Gasteiger charge is 2.04. The number of nitro groups is 1. The Bertz CT molecular complexity index is 345. The summed E-state index contributed by atoms with van der Waals surface area (Å²) < 4.78 is 0. The van der Waals surface area contributed by atoms with Crippen LogP contribution in [0.3, 0.4) is 0 Å². The van der Waals surface area contributed by atoms with Gasteiger partial charge in [0, 0.05) is 12.1 Å². The van der Waals surface area contributed by atoms with Crippen LogP contribution in [0.5, 0.6) is 0 Å². The van der Waals surface area contributed by atoms with E-state index in [9.17, 15) is 10.1 Å². The Morgan fingerprint density at radius 1 is 1.43 bits per heavy atom. The van der Waals surface area contributed by atoms with Crippen molar-refractivity contribution in [1.29, 1.82) is 0 Å². The molecule has 6 nitrogen and oxygen atoms in total. The van der Waals surface area contributed by atoms with Gasteiger partial charge in [0.2, 0.25) is 0 Å². The first kappa shape index (κ1) is 12.0. The van der Waals surface area contributed by atoms with Crippen LogP contribution in [0.2, 0.25) is 0 Å². The van der Waals surface area contributed by atoms with E-state index in [-0.39, 0.29) is 11.2 Å². The van der Waals surface area contributed by atoms with E-state index >= 15 is 0 Å². The van der Waals surface area contributed by atoms with E-state index in [1.165, 1.54) is 24.3 Å². The number of hydrogen-bond donors (Lipinski definition) is 1. The standard InChI is InChI=1S/C8H8N2O3.H2O/c1-6(9-11)7-2-4-8(5-3-7)10(12)13;/h2-5,11H,1H3;1H2. The molecule has 0 amide bonds. The molecule has 0 bridgehead atoms. The fraction of sp³-hybridized carbons (Fsp3) is 0.125. The average Bonchev–Trinajstić information content (AvgIpc) is 2.17. The highest BCUT2D eigenvalue weighted by atomic mass is 16.6. The lowest BCUT2D eigenvalue weighted by Gasteiger charge is -1.96. The molecule has 14 heavy (non-hydrogen) atoms. The monoisotopic (exact) mass is 198 g/mol. The van der Waals surface area contributed by atoms with Gasteiger partial charge in [-0.05, 0) is 24.6 Å². The lowest BCUT2D eigenvalue weighted by atomic mass is 10.1. The highest BCUT2D eigenvalue weighted by Crippen LogP contribution is 2.12. The van der Waals surface area contributed by atoms with Crippen LogP contribution < -0.4 is 0 Å². The first-order valence-corrected chi connectivity index (χ1v) is 3.58.